The Bertz CT molecular complexity index is 537. The summed E-state index contributed by atoms with van der Waals surface area (Å²) in [6, 6.07) is 3.10. The molecular weight excluding hydrogens is 312 g/mol. The second-order valence-electron chi connectivity index (χ2n) is 5.43. The Morgan fingerprint density at radius 2 is 2.17 bits per heavy atom. The fourth-order valence-corrected chi connectivity index (χ4v) is 2.53. The molecule has 18 heavy (non-hydrogen) atoms. The van der Waals surface area contributed by atoms with Crippen LogP contribution in [0.15, 0.2) is 16.7 Å². The fraction of sp³-hybridized carbons (Fsp3) is 0.545. The number of fused-ring (bicyclic) bond motifs is 1. The zero-order chi connectivity index (χ0) is 13.2. The molecule has 0 atom stereocenters. The predicted octanol–water partition coefficient (Wildman–Crippen LogP) is 2.90. The highest BCUT2D eigenvalue weighted by molar-refractivity contribution is 9.10. The third-order valence-corrected chi connectivity index (χ3v) is 4.69. The Morgan fingerprint density at radius 1 is 1.39 bits per heavy atom. The van der Waals surface area contributed by atoms with Gasteiger partial charge in [0.2, 0.25) is 5.65 Å². The summed E-state index contributed by atoms with van der Waals surface area (Å²) in [6.45, 7) is 8.21. The van der Waals surface area contributed by atoms with Gasteiger partial charge >= 0.3 is 0 Å². The van der Waals surface area contributed by atoms with Gasteiger partial charge < -0.3 is 4.74 Å². The van der Waals surface area contributed by atoms with E-state index in [1.165, 1.54) is 0 Å². The minimum absolute atomic E-state index is 0.430. The van der Waals surface area contributed by atoms with Crippen molar-refractivity contribution in [1.29, 1.82) is 0 Å². The smallest absolute Gasteiger partial charge is 0.201 e. The molecule has 0 aliphatic carbocycles. The van der Waals surface area contributed by atoms with Crippen molar-refractivity contribution < 1.29 is 4.74 Å². The first-order valence-corrected chi connectivity index (χ1v) is 10.4. The molecule has 0 unspecified atom stereocenters. The van der Waals surface area contributed by atoms with Crippen molar-refractivity contribution in [3.05, 3.63) is 16.7 Å². The first kappa shape index (κ1) is 13.6. The average molecular weight is 329 g/mol. The Morgan fingerprint density at radius 3 is 2.89 bits per heavy atom. The highest BCUT2D eigenvalue weighted by Crippen LogP contribution is 2.15. The molecule has 2 aromatic rings. The molecule has 0 saturated carbocycles. The lowest BCUT2D eigenvalue weighted by molar-refractivity contribution is 0.0803. The van der Waals surface area contributed by atoms with E-state index in [0.29, 0.717) is 12.4 Å². The maximum atomic E-state index is 5.65. The molecule has 0 saturated heterocycles. The normalized spacial score (nSPS) is 12.2. The van der Waals surface area contributed by atoms with E-state index in [9.17, 15) is 0 Å². The molecule has 0 aliphatic rings. The summed E-state index contributed by atoms with van der Waals surface area (Å²) in [5.74, 6) is 0. The lowest BCUT2D eigenvalue weighted by Crippen LogP contribution is -2.22. The van der Waals surface area contributed by atoms with Gasteiger partial charge in [0.1, 0.15) is 12.2 Å². The van der Waals surface area contributed by atoms with Crippen LogP contribution < -0.4 is 0 Å². The van der Waals surface area contributed by atoms with E-state index < -0.39 is 8.07 Å². The van der Waals surface area contributed by atoms with Crippen molar-refractivity contribution >= 4 is 35.2 Å². The molecule has 0 bridgehead atoms. The Kier molecular flexibility index (Phi) is 4.13. The van der Waals surface area contributed by atoms with Crippen LogP contribution in [-0.2, 0) is 11.5 Å². The van der Waals surface area contributed by atoms with Gasteiger partial charge in [-0.2, -0.15) is 0 Å². The third-order valence-electron chi connectivity index (χ3n) is 2.55. The standard InChI is InChI=1S/C11H17BrN4OSi/c1-18(2,3)5-4-17-8-16-10-6-9(12)7-13-11(10)14-15-16/h6-7H,4-5,8H2,1-3H3. The van der Waals surface area contributed by atoms with Crippen LogP contribution in [0.1, 0.15) is 0 Å². The number of halogens is 1. The summed E-state index contributed by atoms with van der Waals surface area (Å²) in [7, 11) is -1.03. The SMILES string of the molecule is C[Si](C)(C)CCOCn1nnc2ncc(Br)cc21. The fourth-order valence-electron chi connectivity index (χ4n) is 1.46. The van der Waals surface area contributed by atoms with Crippen molar-refractivity contribution in [3.8, 4) is 0 Å². The van der Waals surface area contributed by atoms with Gasteiger partial charge in [0.05, 0.1) is 0 Å². The van der Waals surface area contributed by atoms with E-state index >= 15 is 0 Å². The molecule has 0 N–H and O–H groups in total. The maximum Gasteiger partial charge on any atom is 0.201 e. The van der Waals surface area contributed by atoms with E-state index in [1.54, 1.807) is 10.9 Å². The molecule has 0 fully saturated rings. The van der Waals surface area contributed by atoms with Crippen LogP contribution in [0.3, 0.4) is 0 Å². The van der Waals surface area contributed by atoms with Gasteiger partial charge in [-0.1, -0.05) is 24.9 Å². The average Bonchev–Trinajstić information content (AvgIpc) is 2.66. The minimum atomic E-state index is -1.03. The van der Waals surface area contributed by atoms with Crippen molar-refractivity contribution in [3.63, 3.8) is 0 Å². The van der Waals surface area contributed by atoms with Crippen LogP contribution in [-0.4, -0.2) is 34.7 Å². The van der Waals surface area contributed by atoms with E-state index in [1.807, 2.05) is 6.07 Å². The summed E-state index contributed by atoms with van der Waals surface area (Å²) >= 11 is 3.39. The van der Waals surface area contributed by atoms with Gasteiger partial charge in [-0.05, 0) is 28.0 Å². The molecule has 2 aromatic heterocycles. The quantitative estimate of drug-likeness (QED) is 0.625. The lowest BCUT2D eigenvalue weighted by atomic mass is 10.4. The first-order valence-electron chi connectivity index (χ1n) is 5.88. The second-order valence-corrected chi connectivity index (χ2v) is 12.0. The highest BCUT2D eigenvalue weighted by atomic mass is 79.9. The zero-order valence-corrected chi connectivity index (χ0v) is 13.4. The maximum absolute atomic E-state index is 5.65. The van der Waals surface area contributed by atoms with Gasteiger partial charge in [-0.25, -0.2) is 9.67 Å². The van der Waals surface area contributed by atoms with Crippen LogP contribution in [0.4, 0.5) is 0 Å². The van der Waals surface area contributed by atoms with Crippen molar-refractivity contribution in [2.24, 2.45) is 0 Å². The van der Waals surface area contributed by atoms with Crippen molar-refractivity contribution in [2.45, 2.75) is 32.4 Å². The van der Waals surface area contributed by atoms with Gasteiger partial charge in [0, 0.05) is 25.4 Å². The lowest BCUT2D eigenvalue weighted by Gasteiger charge is -2.15. The molecule has 5 nitrogen and oxygen atoms in total. The predicted molar refractivity (Wildman–Crippen MR) is 77.1 cm³/mol. The Balaban J connectivity index is 1.98. The van der Waals surface area contributed by atoms with E-state index in [2.05, 4.69) is 50.9 Å². The summed E-state index contributed by atoms with van der Waals surface area (Å²) in [4.78, 5) is 4.18. The van der Waals surface area contributed by atoms with Crippen LogP contribution in [0, 0.1) is 0 Å². The summed E-state index contributed by atoms with van der Waals surface area (Å²) in [5, 5.41) is 8.04. The van der Waals surface area contributed by atoms with E-state index in [4.69, 9.17) is 4.74 Å². The first-order chi connectivity index (χ1) is 8.46. The molecule has 2 heterocycles. The summed E-state index contributed by atoms with van der Waals surface area (Å²) in [6.07, 6.45) is 1.72. The number of rotatable bonds is 5. The zero-order valence-electron chi connectivity index (χ0n) is 10.9. The molecule has 0 aliphatic heterocycles. The third kappa shape index (κ3) is 3.60. The molecule has 0 radical (unpaired) electrons. The molecule has 0 amide bonds. The number of pyridine rings is 1. The van der Waals surface area contributed by atoms with Gasteiger partial charge in [-0.3, -0.25) is 0 Å². The van der Waals surface area contributed by atoms with Crippen molar-refractivity contribution in [1.82, 2.24) is 20.0 Å². The molecule has 2 rings (SSSR count). The van der Waals surface area contributed by atoms with Crippen LogP contribution in [0.5, 0.6) is 0 Å². The largest absolute Gasteiger partial charge is 0.359 e. The van der Waals surface area contributed by atoms with Gasteiger partial charge in [0.25, 0.3) is 0 Å². The topological polar surface area (TPSA) is 52.8 Å². The van der Waals surface area contributed by atoms with E-state index in [-0.39, 0.29) is 0 Å². The number of hydrogen-bond donors (Lipinski definition) is 0. The molecule has 0 spiro atoms. The number of nitrogens with zero attached hydrogens (tertiary/aromatic N) is 4. The minimum Gasteiger partial charge on any atom is -0.359 e. The van der Waals surface area contributed by atoms with Crippen LogP contribution in [0.2, 0.25) is 25.7 Å². The number of aromatic nitrogens is 4. The van der Waals surface area contributed by atoms with Crippen molar-refractivity contribution in [2.75, 3.05) is 6.61 Å². The Labute approximate surface area is 116 Å². The highest BCUT2D eigenvalue weighted by Gasteiger charge is 2.12. The molecular formula is C11H17BrN4OSi. The molecule has 7 heteroatoms. The molecule has 0 aromatic carbocycles. The van der Waals surface area contributed by atoms with E-state index in [0.717, 1.165) is 22.6 Å². The van der Waals surface area contributed by atoms with Crippen LogP contribution >= 0.6 is 15.9 Å². The summed E-state index contributed by atoms with van der Waals surface area (Å²) < 4.78 is 8.30. The molecule has 98 valence electrons. The monoisotopic (exact) mass is 328 g/mol. The van der Waals surface area contributed by atoms with Gasteiger partial charge in [-0.15, -0.1) is 5.10 Å². The second kappa shape index (κ2) is 5.46. The number of ether oxygens (including phenoxy) is 1. The van der Waals surface area contributed by atoms with Crippen LogP contribution in [0.25, 0.3) is 11.2 Å². The van der Waals surface area contributed by atoms with Gasteiger partial charge in [0.15, 0.2) is 0 Å². The summed E-state index contributed by atoms with van der Waals surface area (Å²) in [5.41, 5.74) is 1.53. The Hall–Kier alpha value is -0.793. The number of hydrogen-bond acceptors (Lipinski definition) is 4.